The molecule has 0 spiro atoms. The Morgan fingerprint density at radius 3 is 2.45 bits per heavy atom. The number of aryl methyl sites for hydroxylation is 4. The lowest BCUT2D eigenvalue weighted by Gasteiger charge is -2.12. The fourth-order valence-electron chi connectivity index (χ4n) is 2.32. The van der Waals surface area contributed by atoms with Crippen molar-refractivity contribution < 1.29 is 26.3 Å². The molecule has 0 saturated carbocycles. The number of para-hydroxylation sites is 1. The van der Waals surface area contributed by atoms with Crippen LogP contribution in [0, 0.1) is 13.8 Å². The quantitative estimate of drug-likeness (QED) is 0.756. The number of nitrogens with one attached hydrogen (secondary N) is 1. The van der Waals surface area contributed by atoms with Gasteiger partial charge < -0.3 is 22.3 Å². The van der Waals surface area contributed by atoms with Gasteiger partial charge in [0.25, 0.3) is 0 Å². The third-order valence-corrected chi connectivity index (χ3v) is 3.66. The average molecular weight is 363 g/mol. The van der Waals surface area contributed by atoms with Crippen LogP contribution >= 0.6 is 0 Å². The Kier molecular flexibility index (Phi) is 7.25. The zero-order valence-corrected chi connectivity index (χ0v) is 15.0. The van der Waals surface area contributed by atoms with Gasteiger partial charge in [0.15, 0.2) is 18.9 Å². The van der Waals surface area contributed by atoms with Crippen LogP contribution < -0.4 is 26.9 Å². The molecule has 0 unspecified atom stereocenters. The topological polar surface area (TPSA) is 33.0 Å². The molecular formula is C18H23BrN2O. The van der Waals surface area contributed by atoms with E-state index in [1.54, 1.807) is 0 Å². The molecular weight excluding hydrogens is 340 g/mol. The van der Waals surface area contributed by atoms with E-state index in [4.69, 9.17) is 0 Å². The third-order valence-electron chi connectivity index (χ3n) is 3.66. The van der Waals surface area contributed by atoms with Crippen molar-refractivity contribution in [1.82, 2.24) is 0 Å². The molecule has 2 rings (SSSR count). The molecule has 2 aromatic rings. The number of halogens is 1. The minimum atomic E-state index is 0. The molecule has 1 amide bonds. The number of nitrogens with zero attached hydrogens (tertiary/aromatic N) is 1. The maximum Gasteiger partial charge on any atom is 0.230 e. The van der Waals surface area contributed by atoms with Gasteiger partial charge in [-0.3, -0.25) is 4.79 Å². The summed E-state index contributed by atoms with van der Waals surface area (Å²) in [6.07, 6.45) is 5.41. The molecule has 0 radical (unpaired) electrons. The molecule has 1 aromatic heterocycles. The van der Waals surface area contributed by atoms with Gasteiger partial charge in [0, 0.05) is 17.8 Å². The van der Waals surface area contributed by atoms with Crippen molar-refractivity contribution in [2.45, 2.75) is 40.2 Å². The fourth-order valence-corrected chi connectivity index (χ4v) is 2.32. The normalized spacial score (nSPS) is 9.95. The summed E-state index contributed by atoms with van der Waals surface area (Å²) in [7, 11) is 0. The van der Waals surface area contributed by atoms with E-state index in [2.05, 4.69) is 37.4 Å². The highest BCUT2D eigenvalue weighted by molar-refractivity contribution is 5.92. The van der Waals surface area contributed by atoms with Gasteiger partial charge in [-0.2, -0.15) is 0 Å². The van der Waals surface area contributed by atoms with E-state index in [1.165, 1.54) is 11.1 Å². The highest BCUT2D eigenvalue weighted by Crippen LogP contribution is 2.21. The van der Waals surface area contributed by atoms with Crippen LogP contribution in [0.3, 0.4) is 0 Å². The summed E-state index contributed by atoms with van der Waals surface area (Å²) in [5.74, 6) is 0.0621. The second-order valence-corrected chi connectivity index (χ2v) is 5.37. The van der Waals surface area contributed by atoms with Crippen LogP contribution in [0.1, 0.15) is 30.0 Å². The van der Waals surface area contributed by atoms with Crippen molar-refractivity contribution in [3.8, 4) is 0 Å². The third kappa shape index (κ3) is 4.95. The number of carbonyl (C=O) groups is 1. The standard InChI is InChI=1S/C18H22N2O.BrH/c1-4-16-7-5-6-15(3)18(16)19-17(21)10-13-20-11-8-14(2)9-12-20;/h5-9,11-12H,4,10,13H2,1-3H3;1H. The lowest BCUT2D eigenvalue weighted by Crippen LogP contribution is -3.00. The highest BCUT2D eigenvalue weighted by Gasteiger charge is 2.10. The summed E-state index contributed by atoms with van der Waals surface area (Å²) in [5, 5.41) is 3.06. The van der Waals surface area contributed by atoms with Crippen molar-refractivity contribution >= 4 is 11.6 Å². The van der Waals surface area contributed by atoms with Gasteiger partial charge in [-0.15, -0.1) is 0 Å². The fraction of sp³-hybridized carbons (Fsp3) is 0.333. The number of pyridine rings is 1. The summed E-state index contributed by atoms with van der Waals surface area (Å²) in [6.45, 7) is 6.89. The summed E-state index contributed by atoms with van der Waals surface area (Å²) in [6, 6.07) is 10.2. The van der Waals surface area contributed by atoms with E-state index in [9.17, 15) is 4.79 Å². The smallest absolute Gasteiger partial charge is 0.230 e. The molecule has 0 atom stereocenters. The molecule has 0 aliphatic carbocycles. The van der Waals surface area contributed by atoms with E-state index < -0.39 is 0 Å². The first-order chi connectivity index (χ1) is 10.1. The van der Waals surface area contributed by atoms with Crippen molar-refractivity contribution in [2.75, 3.05) is 5.32 Å². The maximum atomic E-state index is 12.1. The van der Waals surface area contributed by atoms with Gasteiger partial charge in [0.1, 0.15) is 0 Å². The predicted octanol–water partition coefficient (Wildman–Crippen LogP) is 0.186. The Morgan fingerprint density at radius 2 is 1.82 bits per heavy atom. The predicted molar refractivity (Wildman–Crippen MR) is 85.2 cm³/mol. The number of amides is 1. The zero-order chi connectivity index (χ0) is 15.2. The monoisotopic (exact) mass is 362 g/mol. The molecule has 0 aliphatic heterocycles. The van der Waals surface area contributed by atoms with E-state index in [0.29, 0.717) is 13.0 Å². The highest BCUT2D eigenvalue weighted by atomic mass is 79.9. The number of hydrogen-bond donors (Lipinski definition) is 1. The summed E-state index contributed by atoms with van der Waals surface area (Å²) < 4.78 is 2.03. The molecule has 0 fully saturated rings. The van der Waals surface area contributed by atoms with Crippen LogP contribution in [-0.4, -0.2) is 5.91 Å². The first-order valence-corrected chi connectivity index (χ1v) is 7.44. The molecule has 3 nitrogen and oxygen atoms in total. The Bertz CT molecular complexity index is 623. The van der Waals surface area contributed by atoms with Crippen molar-refractivity contribution in [3.63, 3.8) is 0 Å². The average Bonchev–Trinajstić information content (AvgIpc) is 2.49. The molecule has 0 aliphatic rings. The lowest BCUT2D eigenvalue weighted by molar-refractivity contribution is -0.695. The van der Waals surface area contributed by atoms with Crippen LogP contribution in [0.5, 0.6) is 0 Å². The van der Waals surface area contributed by atoms with Crippen LogP contribution in [0.15, 0.2) is 42.7 Å². The Labute approximate surface area is 143 Å². The Hall–Kier alpha value is -1.68. The van der Waals surface area contributed by atoms with Gasteiger partial charge in [-0.1, -0.05) is 25.1 Å². The van der Waals surface area contributed by atoms with E-state index >= 15 is 0 Å². The summed E-state index contributed by atoms with van der Waals surface area (Å²) >= 11 is 0. The van der Waals surface area contributed by atoms with Gasteiger partial charge in [-0.05, 0) is 37.0 Å². The van der Waals surface area contributed by atoms with E-state index in [-0.39, 0.29) is 22.9 Å². The maximum absolute atomic E-state index is 12.1. The summed E-state index contributed by atoms with van der Waals surface area (Å²) in [4.78, 5) is 12.1. The second-order valence-electron chi connectivity index (χ2n) is 5.37. The number of aromatic nitrogens is 1. The number of rotatable bonds is 5. The molecule has 4 heteroatoms. The second kappa shape index (κ2) is 8.69. The number of benzene rings is 1. The van der Waals surface area contributed by atoms with Crippen LogP contribution in [0.4, 0.5) is 5.69 Å². The van der Waals surface area contributed by atoms with E-state index in [0.717, 1.165) is 17.7 Å². The van der Waals surface area contributed by atoms with Gasteiger partial charge >= 0.3 is 0 Å². The Morgan fingerprint density at radius 1 is 1.14 bits per heavy atom. The molecule has 1 N–H and O–H groups in total. The van der Waals surface area contributed by atoms with Crippen molar-refractivity contribution in [1.29, 1.82) is 0 Å². The van der Waals surface area contributed by atoms with Crippen LogP contribution in [-0.2, 0) is 17.8 Å². The number of hydrogen-bond acceptors (Lipinski definition) is 1. The Balaban J connectivity index is 0.00000242. The van der Waals surface area contributed by atoms with Crippen molar-refractivity contribution in [2.24, 2.45) is 0 Å². The molecule has 22 heavy (non-hydrogen) atoms. The lowest BCUT2D eigenvalue weighted by atomic mass is 10.1. The van der Waals surface area contributed by atoms with Gasteiger partial charge in [-0.25, -0.2) is 4.57 Å². The van der Waals surface area contributed by atoms with Gasteiger partial charge in [0.05, 0.1) is 6.42 Å². The largest absolute Gasteiger partial charge is 1.00 e. The molecule has 0 saturated heterocycles. The molecule has 0 bridgehead atoms. The molecule has 1 heterocycles. The summed E-state index contributed by atoms with van der Waals surface area (Å²) in [5.41, 5.74) is 4.50. The van der Waals surface area contributed by atoms with Crippen molar-refractivity contribution in [3.05, 3.63) is 59.4 Å². The zero-order valence-electron chi connectivity index (χ0n) is 13.4. The first kappa shape index (κ1) is 18.4. The van der Waals surface area contributed by atoms with Crippen LogP contribution in [0.2, 0.25) is 0 Å². The minimum Gasteiger partial charge on any atom is -1.00 e. The SMILES string of the molecule is CCc1cccc(C)c1NC(=O)CC[n+]1ccc(C)cc1.[Br-]. The minimum absolute atomic E-state index is 0. The van der Waals surface area contributed by atoms with Crippen LogP contribution in [0.25, 0.3) is 0 Å². The number of carbonyl (C=O) groups excluding carboxylic acids is 1. The first-order valence-electron chi connectivity index (χ1n) is 7.44. The number of anilines is 1. The van der Waals surface area contributed by atoms with Gasteiger partial charge in [0.2, 0.25) is 5.91 Å². The molecule has 118 valence electrons. The molecule has 1 aromatic carbocycles. The van der Waals surface area contributed by atoms with E-state index in [1.807, 2.05) is 36.0 Å².